The van der Waals surface area contributed by atoms with Crippen LogP contribution in [-0.2, 0) is 10.0 Å². The van der Waals surface area contributed by atoms with Gasteiger partial charge in [0.25, 0.3) is 10.0 Å². The van der Waals surface area contributed by atoms with Gasteiger partial charge >= 0.3 is 0 Å². The first kappa shape index (κ1) is 14.5. The molecule has 0 unspecified atom stereocenters. The summed E-state index contributed by atoms with van der Waals surface area (Å²) in [5.41, 5.74) is -1.06. The molecular formula is C11H7ClF2N2O3S. The maximum absolute atomic E-state index is 13.5. The first-order chi connectivity index (χ1) is 9.29. The zero-order chi connectivity index (χ0) is 14.9. The minimum Gasteiger partial charge on any atom is -0.328 e. The maximum atomic E-state index is 13.5. The van der Waals surface area contributed by atoms with E-state index in [4.69, 9.17) is 11.6 Å². The topological polar surface area (TPSA) is 79.0 Å². The molecule has 1 aromatic carbocycles. The highest BCUT2D eigenvalue weighted by atomic mass is 35.5. The lowest BCUT2D eigenvalue weighted by molar-refractivity contribution is 0.583. The van der Waals surface area contributed by atoms with E-state index in [0.29, 0.717) is 6.07 Å². The fourth-order valence-electron chi connectivity index (χ4n) is 1.40. The molecule has 0 bridgehead atoms. The summed E-state index contributed by atoms with van der Waals surface area (Å²) in [6, 6.07) is 3.31. The summed E-state index contributed by atoms with van der Waals surface area (Å²) in [4.78, 5) is 12.7. The number of H-pyrrole nitrogens is 1. The van der Waals surface area contributed by atoms with E-state index in [1.807, 2.05) is 4.72 Å². The fourth-order valence-corrected chi connectivity index (χ4v) is 2.75. The van der Waals surface area contributed by atoms with Crippen molar-refractivity contribution < 1.29 is 17.2 Å². The predicted octanol–water partition coefficient (Wildman–Crippen LogP) is 2.11. The second kappa shape index (κ2) is 5.22. The highest BCUT2D eigenvalue weighted by molar-refractivity contribution is 7.92. The van der Waals surface area contributed by atoms with Crippen LogP contribution >= 0.6 is 11.6 Å². The van der Waals surface area contributed by atoms with E-state index in [2.05, 4.69) is 4.98 Å². The number of rotatable bonds is 3. The SMILES string of the molecule is O=c1ccc(S(=O)(=O)Nc2c(F)cc(F)cc2Cl)c[nH]1. The number of hydrogen-bond donors (Lipinski definition) is 2. The van der Waals surface area contributed by atoms with Gasteiger partial charge in [-0.25, -0.2) is 17.2 Å². The summed E-state index contributed by atoms with van der Waals surface area (Å²) in [6.07, 6.45) is 0.944. The Bertz CT molecular complexity index is 777. The summed E-state index contributed by atoms with van der Waals surface area (Å²) in [5.74, 6) is -2.08. The molecule has 1 heterocycles. The summed E-state index contributed by atoms with van der Waals surface area (Å²) >= 11 is 5.59. The van der Waals surface area contributed by atoms with Crippen LogP contribution in [0.2, 0.25) is 5.02 Å². The molecule has 106 valence electrons. The van der Waals surface area contributed by atoms with Gasteiger partial charge < -0.3 is 4.98 Å². The molecule has 2 N–H and O–H groups in total. The Labute approximate surface area is 117 Å². The normalized spacial score (nSPS) is 11.3. The quantitative estimate of drug-likeness (QED) is 0.909. The Hall–Kier alpha value is -1.93. The summed E-state index contributed by atoms with van der Waals surface area (Å²) in [6.45, 7) is 0. The lowest BCUT2D eigenvalue weighted by Gasteiger charge is -2.10. The number of aromatic nitrogens is 1. The van der Waals surface area contributed by atoms with Gasteiger partial charge in [0.05, 0.1) is 5.02 Å². The van der Waals surface area contributed by atoms with Gasteiger partial charge in [-0.2, -0.15) is 0 Å². The summed E-state index contributed by atoms with van der Waals surface area (Å²) in [7, 11) is -4.15. The Balaban J connectivity index is 2.43. The van der Waals surface area contributed by atoms with Gasteiger partial charge in [0.15, 0.2) is 5.82 Å². The summed E-state index contributed by atoms with van der Waals surface area (Å²) in [5, 5.41) is -0.421. The largest absolute Gasteiger partial charge is 0.328 e. The Morgan fingerprint density at radius 1 is 1.20 bits per heavy atom. The number of benzene rings is 1. The number of aromatic amines is 1. The lowest BCUT2D eigenvalue weighted by atomic mass is 10.3. The van der Waals surface area contributed by atoms with Crippen molar-refractivity contribution in [2.24, 2.45) is 0 Å². The second-order valence-electron chi connectivity index (χ2n) is 3.74. The van der Waals surface area contributed by atoms with Gasteiger partial charge in [-0.3, -0.25) is 9.52 Å². The molecule has 0 atom stereocenters. The molecule has 2 rings (SSSR count). The average Bonchev–Trinajstić information content (AvgIpc) is 2.34. The molecule has 0 saturated carbocycles. The smallest absolute Gasteiger partial charge is 0.263 e. The number of halogens is 3. The Kier molecular flexibility index (Phi) is 3.78. The number of hydrogen-bond acceptors (Lipinski definition) is 3. The highest BCUT2D eigenvalue weighted by Gasteiger charge is 2.19. The molecule has 0 saturated heterocycles. The van der Waals surface area contributed by atoms with Crippen molar-refractivity contribution >= 4 is 27.3 Å². The van der Waals surface area contributed by atoms with Crippen LogP contribution in [0.4, 0.5) is 14.5 Å². The molecule has 0 aliphatic heterocycles. The molecule has 9 heteroatoms. The number of pyridine rings is 1. The van der Waals surface area contributed by atoms with Crippen LogP contribution in [0.5, 0.6) is 0 Å². The zero-order valence-electron chi connectivity index (χ0n) is 9.65. The van der Waals surface area contributed by atoms with Crippen LogP contribution in [0.25, 0.3) is 0 Å². The highest BCUT2D eigenvalue weighted by Crippen LogP contribution is 2.28. The van der Waals surface area contributed by atoms with Crippen LogP contribution in [0.3, 0.4) is 0 Å². The van der Waals surface area contributed by atoms with Gasteiger partial charge in [-0.1, -0.05) is 11.6 Å². The fraction of sp³-hybridized carbons (Fsp3) is 0. The molecule has 20 heavy (non-hydrogen) atoms. The second-order valence-corrected chi connectivity index (χ2v) is 5.83. The van der Waals surface area contributed by atoms with E-state index < -0.39 is 37.9 Å². The minimum absolute atomic E-state index is 0.295. The Morgan fingerprint density at radius 2 is 1.90 bits per heavy atom. The van der Waals surface area contributed by atoms with Gasteiger partial charge in [-0.05, 0) is 12.1 Å². The molecule has 5 nitrogen and oxygen atoms in total. The van der Waals surface area contributed by atoms with Crippen LogP contribution in [-0.4, -0.2) is 13.4 Å². The minimum atomic E-state index is -4.15. The molecule has 0 radical (unpaired) electrons. The third-order valence-corrected chi connectivity index (χ3v) is 3.95. The number of sulfonamides is 1. The van der Waals surface area contributed by atoms with E-state index >= 15 is 0 Å². The first-order valence-electron chi connectivity index (χ1n) is 5.16. The van der Waals surface area contributed by atoms with Crippen molar-refractivity contribution in [2.45, 2.75) is 4.90 Å². The molecule has 0 amide bonds. The van der Waals surface area contributed by atoms with E-state index in [9.17, 15) is 22.0 Å². The molecule has 0 aliphatic rings. The van der Waals surface area contributed by atoms with Crippen molar-refractivity contribution in [1.82, 2.24) is 4.98 Å². The third kappa shape index (κ3) is 2.97. The van der Waals surface area contributed by atoms with Gasteiger partial charge in [0.2, 0.25) is 5.56 Å². The van der Waals surface area contributed by atoms with Crippen molar-refractivity contribution in [2.75, 3.05) is 4.72 Å². The monoisotopic (exact) mass is 320 g/mol. The van der Waals surface area contributed by atoms with Crippen molar-refractivity contribution in [3.8, 4) is 0 Å². The van der Waals surface area contributed by atoms with E-state index in [1.54, 1.807) is 0 Å². The van der Waals surface area contributed by atoms with Gasteiger partial charge in [0, 0.05) is 18.3 Å². The lowest BCUT2D eigenvalue weighted by Crippen LogP contribution is -2.16. The van der Waals surface area contributed by atoms with Crippen LogP contribution < -0.4 is 10.3 Å². The maximum Gasteiger partial charge on any atom is 0.263 e. The van der Waals surface area contributed by atoms with E-state index in [1.165, 1.54) is 0 Å². The molecule has 0 fully saturated rings. The standard InChI is InChI=1S/C11H7ClF2N2O3S/c12-8-3-6(13)4-9(14)11(8)16-20(18,19)7-1-2-10(17)15-5-7/h1-5,16H,(H,15,17). The van der Waals surface area contributed by atoms with Crippen LogP contribution in [0.15, 0.2) is 40.2 Å². The number of nitrogens with one attached hydrogen (secondary N) is 2. The molecule has 0 aliphatic carbocycles. The zero-order valence-corrected chi connectivity index (χ0v) is 11.2. The predicted molar refractivity (Wildman–Crippen MR) is 69.2 cm³/mol. The average molecular weight is 321 g/mol. The van der Waals surface area contributed by atoms with Crippen molar-refractivity contribution in [3.63, 3.8) is 0 Å². The molecular weight excluding hydrogens is 314 g/mol. The third-order valence-electron chi connectivity index (χ3n) is 2.31. The van der Waals surface area contributed by atoms with Crippen LogP contribution in [0, 0.1) is 11.6 Å². The van der Waals surface area contributed by atoms with Crippen molar-refractivity contribution in [3.05, 3.63) is 57.5 Å². The van der Waals surface area contributed by atoms with Gasteiger partial charge in [-0.15, -0.1) is 0 Å². The van der Waals surface area contributed by atoms with E-state index in [0.717, 1.165) is 24.4 Å². The molecule has 0 spiro atoms. The Morgan fingerprint density at radius 3 is 2.45 bits per heavy atom. The van der Waals surface area contributed by atoms with Crippen molar-refractivity contribution in [1.29, 1.82) is 0 Å². The van der Waals surface area contributed by atoms with E-state index in [-0.39, 0.29) is 4.90 Å². The summed E-state index contributed by atoms with van der Waals surface area (Å²) < 4.78 is 52.2. The first-order valence-corrected chi connectivity index (χ1v) is 7.02. The van der Waals surface area contributed by atoms with Crippen LogP contribution in [0.1, 0.15) is 0 Å². The molecule has 1 aromatic heterocycles. The number of anilines is 1. The van der Waals surface area contributed by atoms with Gasteiger partial charge in [0.1, 0.15) is 16.4 Å². The molecule has 2 aromatic rings.